The lowest BCUT2D eigenvalue weighted by atomic mass is 9.78. The van der Waals surface area contributed by atoms with Gasteiger partial charge in [-0.2, -0.15) is 5.26 Å². The van der Waals surface area contributed by atoms with Crippen LogP contribution in [0.2, 0.25) is 0 Å². The van der Waals surface area contributed by atoms with Crippen LogP contribution in [0.5, 0.6) is 5.75 Å². The first-order chi connectivity index (χ1) is 19.5. The fourth-order valence-electron chi connectivity index (χ4n) is 5.44. The van der Waals surface area contributed by atoms with Crippen LogP contribution in [0.4, 0.5) is 13.2 Å². The number of hydrogen-bond donors (Lipinski definition) is 1. The van der Waals surface area contributed by atoms with Crippen molar-refractivity contribution in [1.82, 2.24) is 5.32 Å². The van der Waals surface area contributed by atoms with E-state index >= 15 is 0 Å². The SMILES string of the molecule is CC1(C)O[C@H]2[C@H](OCc3cccc(OC(F)(F)F)c3)C[C@](OCc3ccccc3C#N)(C(=O)NCC3CC3)C[C@H]2O1. The van der Waals surface area contributed by atoms with Crippen molar-refractivity contribution < 1.29 is 41.7 Å². The van der Waals surface area contributed by atoms with Crippen LogP contribution in [-0.4, -0.2) is 48.5 Å². The predicted molar refractivity (Wildman–Crippen MR) is 139 cm³/mol. The van der Waals surface area contributed by atoms with Crippen LogP contribution in [0.1, 0.15) is 56.2 Å². The third-order valence-corrected chi connectivity index (χ3v) is 7.55. The lowest BCUT2D eigenvalue weighted by Gasteiger charge is -2.43. The Morgan fingerprint density at radius 2 is 1.88 bits per heavy atom. The highest BCUT2D eigenvalue weighted by Crippen LogP contribution is 2.44. The van der Waals surface area contributed by atoms with Gasteiger partial charge in [-0.25, -0.2) is 0 Å². The topological polar surface area (TPSA) is 99.0 Å². The second-order valence-electron chi connectivity index (χ2n) is 11.3. The zero-order valence-electron chi connectivity index (χ0n) is 22.9. The molecule has 2 aliphatic carbocycles. The number of benzene rings is 2. The van der Waals surface area contributed by atoms with Crippen molar-refractivity contribution in [3.05, 3.63) is 65.2 Å². The predicted octanol–water partition coefficient (Wildman–Crippen LogP) is 5.14. The molecular formula is C30H33F3N2O6. The van der Waals surface area contributed by atoms with Crippen molar-refractivity contribution in [2.24, 2.45) is 5.92 Å². The molecule has 1 aliphatic heterocycles. The maximum Gasteiger partial charge on any atom is 0.573 e. The van der Waals surface area contributed by atoms with Crippen molar-refractivity contribution >= 4 is 5.91 Å². The van der Waals surface area contributed by atoms with E-state index < -0.39 is 36.1 Å². The maximum atomic E-state index is 13.8. The van der Waals surface area contributed by atoms with Gasteiger partial charge in [0.25, 0.3) is 5.91 Å². The lowest BCUT2D eigenvalue weighted by Crippen LogP contribution is -2.60. The highest BCUT2D eigenvalue weighted by molar-refractivity contribution is 5.85. The van der Waals surface area contributed by atoms with E-state index in [1.54, 1.807) is 44.2 Å². The van der Waals surface area contributed by atoms with Crippen LogP contribution in [0, 0.1) is 17.2 Å². The first kappa shape index (κ1) is 29.3. The summed E-state index contributed by atoms with van der Waals surface area (Å²) < 4.78 is 67.3. The number of carbonyl (C=O) groups excluding carboxylic acids is 1. The zero-order chi connectivity index (χ0) is 29.3. The van der Waals surface area contributed by atoms with Crippen LogP contribution >= 0.6 is 0 Å². The molecule has 3 fully saturated rings. The summed E-state index contributed by atoms with van der Waals surface area (Å²) in [6, 6.07) is 14.7. The van der Waals surface area contributed by atoms with Gasteiger partial charge in [0.2, 0.25) is 0 Å². The fourth-order valence-corrected chi connectivity index (χ4v) is 5.44. The summed E-state index contributed by atoms with van der Waals surface area (Å²) in [6.07, 6.45) is -4.12. The van der Waals surface area contributed by atoms with Crippen molar-refractivity contribution in [3.8, 4) is 11.8 Å². The van der Waals surface area contributed by atoms with Crippen LogP contribution in [0.25, 0.3) is 0 Å². The molecule has 1 heterocycles. The minimum Gasteiger partial charge on any atom is -0.406 e. The van der Waals surface area contributed by atoms with Gasteiger partial charge in [0.1, 0.15) is 11.9 Å². The third kappa shape index (κ3) is 7.38. The van der Waals surface area contributed by atoms with E-state index in [-0.39, 0.29) is 37.7 Å². The van der Waals surface area contributed by atoms with Gasteiger partial charge < -0.3 is 29.0 Å². The summed E-state index contributed by atoms with van der Waals surface area (Å²) in [5, 5.41) is 12.6. The van der Waals surface area contributed by atoms with E-state index in [0.29, 0.717) is 29.2 Å². The number of fused-ring (bicyclic) bond motifs is 1. The van der Waals surface area contributed by atoms with Crippen LogP contribution in [0.15, 0.2) is 48.5 Å². The molecule has 5 rings (SSSR count). The largest absolute Gasteiger partial charge is 0.573 e. The van der Waals surface area contributed by atoms with Crippen LogP contribution < -0.4 is 10.1 Å². The van der Waals surface area contributed by atoms with Gasteiger partial charge in [-0.05, 0) is 61.9 Å². The number of amides is 1. The summed E-state index contributed by atoms with van der Waals surface area (Å²) in [5.74, 6) is -1.14. The second-order valence-corrected chi connectivity index (χ2v) is 11.3. The normalized spacial score (nSPS) is 27.1. The van der Waals surface area contributed by atoms with E-state index in [1.165, 1.54) is 18.2 Å². The first-order valence-corrected chi connectivity index (χ1v) is 13.7. The molecule has 0 radical (unpaired) electrons. The smallest absolute Gasteiger partial charge is 0.406 e. The van der Waals surface area contributed by atoms with Gasteiger partial charge in [-0.1, -0.05) is 30.3 Å². The van der Waals surface area contributed by atoms with E-state index in [0.717, 1.165) is 12.8 Å². The quantitative estimate of drug-likeness (QED) is 0.420. The molecule has 2 aromatic rings. The number of carbonyl (C=O) groups is 1. The van der Waals surface area contributed by atoms with Crippen molar-refractivity contribution in [2.45, 2.75) is 88.8 Å². The molecule has 0 aromatic heterocycles. The molecule has 0 unspecified atom stereocenters. The number of hydrogen-bond acceptors (Lipinski definition) is 7. The fraction of sp³-hybridized carbons (Fsp3) is 0.533. The number of nitriles is 1. The molecule has 3 aliphatic rings. The number of rotatable bonds is 10. The summed E-state index contributed by atoms with van der Waals surface area (Å²) in [4.78, 5) is 13.8. The third-order valence-electron chi connectivity index (χ3n) is 7.55. The van der Waals surface area contributed by atoms with Crippen molar-refractivity contribution in [3.63, 3.8) is 0 Å². The molecule has 11 heteroatoms. The molecule has 0 spiro atoms. The Hall–Kier alpha value is -3.17. The Bertz CT molecular complexity index is 1290. The summed E-state index contributed by atoms with van der Waals surface area (Å²) in [7, 11) is 0. The Morgan fingerprint density at radius 3 is 2.61 bits per heavy atom. The minimum absolute atomic E-state index is 0.0196. The molecule has 2 saturated carbocycles. The highest BCUT2D eigenvalue weighted by atomic mass is 19.4. The molecule has 41 heavy (non-hydrogen) atoms. The number of ether oxygens (including phenoxy) is 5. The van der Waals surface area contributed by atoms with Gasteiger partial charge in [-0.3, -0.25) is 4.79 Å². The van der Waals surface area contributed by atoms with Gasteiger partial charge in [0.15, 0.2) is 11.4 Å². The summed E-state index contributed by atoms with van der Waals surface area (Å²) in [6.45, 7) is 4.06. The average Bonchev–Trinajstić information content (AvgIpc) is 3.69. The number of nitrogens with one attached hydrogen (secondary N) is 1. The zero-order valence-corrected chi connectivity index (χ0v) is 22.9. The molecule has 1 amide bonds. The number of halogens is 3. The molecule has 4 atom stereocenters. The standard InChI is InChI=1S/C30H33F3N2O6/c1-28(2)40-25-14-29(27(36)35-16-19-10-11-19,38-18-22-8-4-3-7-21(22)15-34)13-24(26(25)41-28)37-17-20-6-5-9-23(12-20)39-30(31,32)33/h3-9,12,19,24-26H,10-11,13-14,16-18H2,1-2H3,(H,35,36)/t24-,25-,26+,29-/m1/s1. The summed E-state index contributed by atoms with van der Waals surface area (Å²) in [5.41, 5.74) is 0.202. The molecule has 8 nitrogen and oxygen atoms in total. The van der Waals surface area contributed by atoms with E-state index in [9.17, 15) is 23.2 Å². The molecule has 2 aromatic carbocycles. The molecule has 0 bridgehead atoms. The van der Waals surface area contributed by atoms with Gasteiger partial charge in [0, 0.05) is 19.4 Å². The van der Waals surface area contributed by atoms with Crippen molar-refractivity contribution in [2.75, 3.05) is 6.54 Å². The molecule has 1 N–H and O–H groups in total. The van der Waals surface area contributed by atoms with Gasteiger partial charge in [0.05, 0.1) is 37.1 Å². The monoisotopic (exact) mass is 574 g/mol. The van der Waals surface area contributed by atoms with Crippen molar-refractivity contribution in [1.29, 1.82) is 5.26 Å². The van der Waals surface area contributed by atoms with Crippen LogP contribution in [-0.2, 0) is 37.0 Å². The lowest BCUT2D eigenvalue weighted by molar-refractivity contribution is -0.274. The molecule has 220 valence electrons. The summed E-state index contributed by atoms with van der Waals surface area (Å²) >= 11 is 0. The minimum atomic E-state index is -4.81. The number of alkyl halides is 3. The Kier molecular flexibility index (Phi) is 8.30. The molecule has 1 saturated heterocycles. The number of nitrogens with zero attached hydrogens (tertiary/aromatic N) is 1. The van der Waals surface area contributed by atoms with E-state index in [4.69, 9.17) is 18.9 Å². The van der Waals surface area contributed by atoms with E-state index in [1.807, 2.05) is 0 Å². The first-order valence-electron chi connectivity index (χ1n) is 13.7. The highest BCUT2D eigenvalue weighted by Gasteiger charge is 2.58. The molecular weight excluding hydrogens is 541 g/mol. The van der Waals surface area contributed by atoms with Gasteiger partial charge >= 0.3 is 6.36 Å². The second kappa shape index (κ2) is 11.6. The Balaban J connectivity index is 1.39. The average molecular weight is 575 g/mol. The Morgan fingerprint density at radius 1 is 1.10 bits per heavy atom. The Labute approximate surface area is 236 Å². The van der Waals surface area contributed by atoms with Crippen LogP contribution in [0.3, 0.4) is 0 Å². The maximum absolute atomic E-state index is 13.8. The van der Waals surface area contributed by atoms with Gasteiger partial charge in [-0.15, -0.1) is 13.2 Å². The van der Waals surface area contributed by atoms with E-state index in [2.05, 4.69) is 16.1 Å².